The second-order valence-electron chi connectivity index (χ2n) is 3.27. The van der Waals surface area contributed by atoms with E-state index < -0.39 is 5.79 Å². The van der Waals surface area contributed by atoms with Crippen LogP contribution in [-0.4, -0.2) is 27.7 Å². The standard InChI is InChI=1S/C9H20O3/c1-2-3-4-6-9(11,12)7-5-8-10/h10-12H,2-8H2,1H3. The molecule has 0 saturated heterocycles. The number of aliphatic hydroxyl groups excluding tert-OH is 1. The van der Waals surface area contributed by atoms with Gasteiger partial charge >= 0.3 is 0 Å². The van der Waals surface area contributed by atoms with Gasteiger partial charge in [-0.05, 0) is 12.8 Å². The Bertz CT molecular complexity index is 102. The zero-order valence-electron chi connectivity index (χ0n) is 7.79. The summed E-state index contributed by atoms with van der Waals surface area (Å²) in [4.78, 5) is 0. The van der Waals surface area contributed by atoms with Crippen molar-refractivity contribution in [2.45, 2.75) is 51.2 Å². The average molecular weight is 176 g/mol. The molecule has 0 radical (unpaired) electrons. The minimum absolute atomic E-state index is 0.0245. The first-order valence-electron chi connectivity index (χ1n) is 4.68. The summed E-state index contributed by atoms with van der Waals surface area (Å²) in [5, 5.41) is 27.1. The maximum Gasteiger partial charge on any atom is 0.162 e. The Hall–Kier alpha value is -0.120. The molecule has 0 rings (SSSR count). The molecule has 0 amide bonds. The maximum absolute atomic E-state index is 9.32. The number of hydrogen-bond donors (Lipinski definition) is 3. The van der Waals surface area contributed by atoms with Gasteiger partial charge in [0, 0.05) is 19.4 Å². The van der Waals surface area contributed by atoms with Crippen molar-refractivity contribution in [3.8, 4) is 0 Å². The van der Waals surface area contributed by atoms with Crippen LogP contribution in [0.1, 0.15) is 45.4 Å². The fourth-order valence-corrected chi connectivity index (χ4v) is 1.15. The van der Waals surface area contributed by atoms with Gasteiger partial charge in [-0.3, -0.25) is 0 Å². The lowest BCUT2D eigenvalue weighted by molar-refractivity contribution is -0.172. The van der Waals surface area contributed by atoms with Crippen LogP contribution in [0.5, 0.6) is 0 Å². The highest BCUT2D eigenvalue weighted by molar-refractivity contribution is 4.64. The summed E-state index contributed by atoms with van der Waals surface area (Å²) >= 11 is 0. The van der Waals surface area contributed by atoms with E-state index in [9.17, 15) is 10.2 Å². The number of aliphatic hydroxyl groups is 3. The Morgan fingerprint density at radius 1 is 1.00 bits per heavy atom. The van der Waals surface area contributed by atoms with Crippen LogP contribution in [0.25, 0.3) is 0 Å². The quantitative estimate of drug-likeness (QED) is 0.401. The van der Waals surface area contributed by atoms with Gasteiger partial charge in [0.15, 0.2) is 5.79 Å². The zero-order chi connectivity index (χ0) is 9.45. The lowest BCUT2D eigenvalue weighted by Gasteiger charge is -2.20. The van der Waals surface area contributed by atoms with Gasteiger partial charge < -0.3 is 15.3 Å². The monoisotopic (exact) mass is 176 g/mol. The molecule has 0 aliphatic heterocycles. The van der Waals surface area contributed by atoms with Crippen molar-refractivity contribution in [3.63, 3.8) is 0 Å². The second kappa shape index (κ2) is 6.40. The summed E-state index contributed by atoms with van der Waals surface area (Å²) < 4.78 is 0. The maximum atomic E-state index is 9.32. The fourth-order valence-electron chi connectivity index (χ4n) is 1.15. The average Bonchev–Trinajstić information content (AvgIpc) is 2.01. The summed E-state index contributed by atoms with van der Waals surface area (Å²) in [6.07, 6.45) is 4.10. The molecule has 0 aromatic rings. The highest BCUT2D eigenvalue weighted by Gasteiger charge is 2.20. The molecule has 74 valence electrons. The zero-order valence-corrected chi connectivity index (χ0v) is 7.79. The topological polar surface area (TPSA) is 60.7 Å². The molecule has 0 aromatic heterocycles. The lowest BCUT2D eigenvalue weighted by Crippen LogP contribution is -2.28. The van der Waals surface area contributed by atoms with E-state index in [2.05, 4.69) is 6.92 Å². The molecule has 0 spiro atoms. The molecule has 12 heavy (non-hydrogen) atoms. The van der Waals surface area contributed by atoms with Crippen LogP contribution in [0, 0.1) is 0 Å². The first kappa shape index (κ1) is 11.9. The first-order valence-corrected chi connectivity index (χ1v) is 4.68. The predicted octanol–water partition coefficient (Wildman–Crippen LogP) is 1.02. The van der Waals surface area contributed by atoms with Crippen molar-refractivity contribution in [1.82, 2.24) is 0 Å². The number of unbranched alkanes of at least 4 members (excludes halogenated alkanes) is 2. The minimum atomic E-state index is -1.56. The molecular formula is C9H20O3. The van der Waals surface area contributed by atoms with Gasteiger partial charge in [0.2, 0.25) is 0 Å². The van der Waals surface area contributed by atoms with Crippen molar-refractivity contribution >= 4 is 0 Å². The Morgan fingerprint density at radius 3 is 2.08 bits per heavy atom. The molecule has 3 nitrogen and oxygen atoms in total. The normalized spacial score (nSPS) is 12.0. The molecule has 0 aromatic carbocycles. The smallest absolute Gasteiger partial charge is 0.162 e. The van der Waals surface area contributed by atoms with E-state index in [1.54, 1.807) is 0 Å². The minimum Gasteiger partial charge on any atom is -0.396 e. The van der Waals surface area contributed by atoms with Gasteiger partial charge in [-0.15, -0.1) is 0 Å². The van der Waals surface area contributed by atoms with Crippen LogP contribution in [-0.2, 0) is 0 Å². The van der Waals surface area contributed by atoms with E-state index in [0.29, 0.717) is 12.8 Å². The van der Waals surface area contributed by atoms with E-state index in [0.717, 1.165) is 19.3 Å². The highest BCUT2D eigenvalue weighted by Crippen LogP contribution is 2.17. The molecule has 0 heterocycles. The Morgan fingerprint density at radius 2 is 1.58 bits per heavy atom. The number of rotatable bonds is 7. The van der Waals surface area contributed by atoms with Crippen molar-refractivity contribution in [2.75, 3.05) is 6.61 Å². The lowest BCUT2D eigenvalue weighted by atomic mass is 10.0. The third-order valence-electron chi connectivity index (χ3n) is 1.92. The van der Waals surface area contributed by atoms with Gasteiger partial charge in [0.05, 0.1) is 0 Å². The molecule has 3 heteroatoms. The predicted molar refractivity (Wildman–Crippen MR) is 47.6 cm³/mol. The van der Waals surface area contributed by atoms with E-state index in [4.69, 9.17) is 5.11 Å². The molecular weight excluding hydrogens is 156 g/mol. The van der Waals surface area contributed by atoms with Crippen LogP contribution in [0.2, 0.25) is 0 Å². The molecule has 0 saturated carbocycles. The van der Waals surface area contributed by atoms with Crippen LogP contribution in [0.3, 0.4) is 0 Å². The highest BCUT2D eigenvalue weighted by atomic mass is 16.5. The molecule has 0 aliphatic carbocycles. The second-order valence-corrected chi connectivity index (χ2v) is 3.27. The van der Waals surface area contributed by atoms with Gasteiger partial charge in [0.1, 0.15) is 0 Å². The SMILES string of the molecule is CCCCCC(O)(O)CCCO. The molecule has 0 unspecified atom stereocenters. The van der Waals surface area contributed by atoms with Crippen LogP contribution in [0.15, 0.2) is 0 Å². The Balaban J connectivity index is 3.42. The van der Waals surface area contributed by atoms with Crippen molar-refractivity contribution in [1.29, 1.82) is 0 Å². The molecule has 0 aliphatic rings. The summed E-state index contributed by atoms with van der Waals surface area (Å²) in [6, 6.07) is 0. The van der Waals surface area contributed by atoms with E-state index in [-0.39, 0.29) is 13.0 Å². The third kappa shape index (κ3) is 6.58. The van der Waals surface area contributed by atoms with Crippen molar-refractivity contribution < 1.29 is 15.3 Å². The molecule has 0 fully saturated rings. The summed E-state index contributed by atoms with van der Waals surface area (Å²) in [6.45, 7) is 2.10. The van der Waals surface area contributed by atoms with Gasteiger partial charge in [-0.2, -0.15) is 0 Å². The van der Waals surface area contributed by atoms with Gasteiger partial charge in [0.25, 0.3) is 0 Å². The summed E-state index contributed by atoms with van der Waals surface area (Å²) in [5.74, 6) is -1.56. The van der Waals surface area contributed by atoms with Crippen molar-refractivity contribution in [2.24, 2.45) is 0 Å². The van der Waals surface area contributed by atoms with E-state index in [1.807, 2.05) is 0 Å². The molecule has 0 bridgehead atoms. The summed E-state index contributed by atoms with van der Waals surface area (Å²) in [5.41, 5.74) is 0. The van der Waals surface area contributed by atoms with Gasteiger partial charge in [-0.1, -0.05) is 19.8 Å². The van der Waals surface area contributed by atoms with Gasteiger partial charge in [-0.25, -0.2) is 0 Å². The summed E-state index contributed by atoms with van der Waals surface area (Å²) in [7, 11) is 0. The van der Waals surface area contributed by atoms with E-state index in [1.165, 1.54) is 0 Å². The molecule has 0 atom stereocenters. The Labute approximate surface area is 74.0 Å². The largest absolute Gasteiger partial charge is 0.396 e. The van der Waals surface area contributed by atoms with Crippen LogP contribution >= 0.6 is 0 Å². The fraction of sp³-hybridized carbons (Fsp3) is 1.00. The first-order chi connectivity index (χ1) is 5.62. The van der Waals surface area contributed by atoms with Crippen LogP contribution < -0.4 is 0 Å². The Kier molecular flexibility index (Phi) is 6.34. The van der Waals surface area contributed by atoms with Crippen LogP contribution in [0.4, 0.5) is 0 Å². The van der Waals surface area contributed by atoms with E-state index >= 15 is 0 Å². The molecule has 3 N–H and O–H groups in total. The number of hydrogen-bond acceptors (Lipinski definition) is 3. The third-order valence-corrected chi connectivity index (χ3v) is 1.92. The van der Waals surface area contributed by atoms with Crippen molar-refractivity contribution in [3.05, 3.63) is 0 Å².